The van der Waals surface area contributed by atoms with Gasteiger partial charge in [0.1, 0.15) is 11.4 Å². The van der Waals surface area contributed by atoms with E-state index >= 15 is 0 Å². The highest BCUT2D eigenvalue weighted by molar-refractivity contribution is 5.68. The van der Waals surface area contributed by atoms with Crippen LogP contribution < -0.4 is 16.0 Å². The van der Waals surface area contributed by atoms with Crippen molar-refractivity contribution in [3.8, 4) is 0 Å². The number of anilines is 3. The highest BCUT2D eigenvalue weighted by Crippen LogP contribution is 2.53. The lowest BCUT2D eigenvalue weighted by Gasteiger charge is -2.38. The second-order valence-electron chi connectivity index (χ2n) is 10.6. The Morgan fingerprint density at radius 1 is 1.17 bits per heavy atom. The van der Waals surface area contributed by atoms with E-state index in [1.807, 2.05) is 20.8 Å². The molecule has 9 nitrogen and oxygen atoms in total. The van der Waals surface area contributed by atoms with Gasteiger partial charge in [-0.1, -0.05) is 12.8 Å². The molecule has 2 aromatic heterocycles. The molecule has 2 aliphatic carbocycles. The number of nitrogens with one attached hydrogen (secondary N) is 4. The molecule has 3 unspecified atom stereocenters. The Bertz CT molecular complexity index is 1020. The SMILES string of the molecule is CNc1nccc(Nc2cc(C3CC(F)(F)CC3C3CCCC[C@@H]3NC(=O)OC(C)(C)C)[nH]n2)n1. The van der Waals surface area contributed by atoms with Crippen molar-refractivity contribution in [1.82, 2.24) is 25.5 Å². The zero-order chi connectivity index (χ0) is 25.2. The van der Waals surface area contributed by atoms with Crippen LogP contribution in [0.4, 0.5) is 31.2 Å². The normalized spacial score (nSPS) is 26.2. The third kappa shape index (κ3) is 6.37. The molecule has 0 bridgehead atoms. The van der Waals surface area contributed by atoms with Gasteiger partial charge in [-0.25, -0.2) is 18.6 Å². The van der Waals surface area contributed by atoms with Crippen molar-refractivity contribution in [1.29, 1.82) is 0 Å². The summed E-state index contributed by atoms with van der Waals surface area (Å²) in [5.41, 5.74) is 0.0489. The minimum Gasteiger partial charge on any atom is -0.444 e. The molecule has 0 radical (unpaired) electrons. The minimum absolute atomic E-state index is 0.0607. The van der Waals surface area contributed by atoms with E-state index in [1.165, 1.54) is 0 Å². The van der Waals surface area contributed by atoms with Gasteiger partial charge in [0.05, 0.1) is 0 Å². The van der Waals surface area contributed by atoms with Crippen molar-refractivity contribution in [2.75, 3.05) is 17.7 Å². The number of amides is 1. The topological polar surface area (TPSA) is 117 Å². The predicted molar refractivity (Wildman–Crippen MR) is 129 cm³/mol. The van der Waals surface area contributed by atoms with Gasteiger partial charge in [0.15, 0.2) is 5.82 Å². The minimum atomic E-state index is -2.77. The summed E-state index contributed by atoms with van der Waals surface area (Å²) in [6.07, 6.45) is 4.15. The summed E-state index contributed by atoms with van der Waals surface area (Å²) in [6.45, 7) is 5.43. The van der Waals surface area contributed by atoms with Gasteiger partial charge in [-0.05, 0) is 51.5 Å². The zero-order valence-electron chi connectivity index (χ0n) is 20.7. The smallest absolute Gasteiger partial charge is 0.407 e. The molecule has 0 spiro atoms. The molecule has 0 saturated heterocycles. The Morgan fingerprint density at radius 2 is 1.94 bits per heavy atom. The predicted octanol–water partition coefficient (Wildman–Crippen LogP) is 5.20. The number of aromatic nitrogens is 4. The number of alkyl carbamates (subject to hydrolysis) is 1. The van der Waals surface area contributed by atoms with Gasteiger partial charge >= 0.3 is 6.09 Å². The first-order valence-corrected chi connectivity index (χ1v) is 12.2. The Labute approximate surface area is 204 Å². The van der Waals surface area contributed by atoms with Crippen LogP contribution >= 0.6 is 0 Å². The number of carbonyl (C=O) groups excluding carboxylic acids is 1. The number of aromatic amines is 1. The maximum Gasteiger partial charge on any atom is 0.407 e. The second kappa shape index (κ2) is 9.94. The number of halogens is 2. The van der Waals surface area contributed by atoms with E-state index in [0.717, 1.165) is 25.7 Å². The molecule has 0 aliphatic heterocycles. The summed E-state index contributed by atoms with van der Waals surface area (Å²) in [5.74, 6) is -2.00. The van der Waals surface area contributed by atoms with Crippen LogP contribution in [0.5, 0.6) is 0 Å². The molecule has 4 N–H and O–H groups in total. The van der Waals surface area contributed by atoms with Crippen molar-refractivity contribution in [3.05, 3.63) is 24.0 Å². The number of rotatable bonds is 6. The quantitative estimate of drug-likeness (QED) is 0.439. The number of nitrogens with zero attached hydrogens (tertiary/aromatic N) is 3. The van der Waals surface area contributed by atoms with E-state index in [0.29, 0.717) is 23.3 Å². The third-order valence-electron chi connectivity index (χ3n) is 6.77. The fourth-order valence-corrected chi connectivity index (χ4v) is 5.41. The maximum absolute atomic E-state index is 14.7. The van der Waals surface area contributed by atoms with Gasteiger partial charge < -0.3 is 20.7 Å². The summed E-state index contributed by atoms with van der Waals surface area (Å²) < 4.78 is 34.9. The Morgan fingerprint density at radius 3 is 2.69 bits per heavy atom. The second-order valence-corrected chi connectivity index (χ2v) is 10.6. The zero-order valence-corrected chi connectivity index (χ0v) is 20.7. The van der Waals surface area contributed by atoms with E-state index in [1.54, 1.807) is 25.4 Å². The highest BCUT2D eigenvalue weighted by atomic mass is 19.3. The molecular weight excluding hydrogens is 456 g/mol. The van der Waals surface area contributed by atoms with Crippen molar-refractivity contribution < 1.29 is 18.3 Å². The van der Waals surface area contributed by atoms with Crippen LogP contribution in [-0.4, -0.2) is 50.9 Å². The van der Waals surface area contributed by atoms with Gasteiger partial charge in [0, 0.05) is 49.8 Å². The van der Waals surface area contributed by atoms with Gasteiger partial charge in [0.25, 0.3) is 0 Å². The summed E-state index contributed by atoms with van der Waals surface area (Å²) in [4.78, 5) is 20.9. The van der Waals surface area contributed by atoms with Crippen LogP contribution in [0.2, 0.25) is 0 Å². The monoisotopic (exact) mass is 491 g/mol. The largest absolute Gasteiger partial charge is 0.444 e. The number of hydrogen-bond donors (Lipinski definition) is 4. The molecule has 2 fully saturated rings. The molecule has 4 rings (SSSR count). The van der Waals surface area contributed by atoms with Crippen LogP contribution in [0.1, 0.15) is 70.9 Å². The number of alkyl halides is 2. The molecule has 11 heteroatoms. The molecular formula is C24H35F2N7O2. The summed E-state index contributed by atoms with van der Waals surface area (Å²) >= 11 is 0. The van der Waals surface area contributed by atoms with Crippen molar-refractivity contribution >= 4 is 23.7 Å². The van der Waals surface area contributed by atoms with Crippen molar-refractivity contribution in [2.45, 2.75) is 82.8 Å². The molecule has 2 aliphatic rings. The van der Waals surface area contributed by atoms with E-state index in [9.17, 15) is 13.6 Å². The number of carbonyl (C=O) groups is 1. The first-order chi connectivity index (χ1) is 16.5. The molecule has 4 atom stereocenters. The Balaban J connectivity index is 1.51. The average molecular weight is 492 g/mol. The first-order valence-electron chi connectivity index (χ1n) is 12.2. The van der Waals surface area contributed by atoms with Gasteiger partial charge in [-0.3, -0.25) is 5.10 Å². The summed E-state index contributed by atoms with van der Waals surface area (Å²) in [7, 11) is 1.72. The number of H-pyrrole nitrogens is 1. The van der Waals surface area contributed by atoms with Gasteiger partial charge in [-0.2, -0.15) is 10.1 Å². The third-order valence-corrected chi connectivity index (χ3v) is 6.77. The lowest BCUT2D eigenvalue weighted by atomic mass is 9.72. The highest BCUT2D eigenvalue weighted by Gasteiger charge is 2.52. The molecule has 2 saturated carbocycles. The fraction of sp³-hybridized carbons (Fsp3) is 0.667. The lowest BCUT2D eigenvalue weighted by Crippen LogP contribution is -2.47. The Kier molecular flexibility index (Phi) is 7.14. The molecule has 192 valence electrons. The number of hydrogen-bond acceptors (Lipinski definition) is 7. The van der Waals surface area contributed by atoms with Gasteiger partial charge in [0.2, 0.25) is 11.9 Å². The van der Waals surface area contributed by atoms with E-state index in [4.69, 9.17) is 4.74 Å². The number of ether oxygens (including phenoxy) is 1. The maximum atomic E-state index is 14.7. The van der Waals surface area contributed by atoms with Crippen LogP contribution in [-0.2, 0) is 4.74 Å². The average Bonchev–Trinajstić information content (AvgIpc) is 3.36. The fourth-order valence-electron chi connectivity index (χ4n) is 5.41. The standard InChI is InChI=1S/C24H35F2N7O2/c1-23(2,3)35-22(34)29-17-8-6-5-7-14(17)15-12-24(25,26)13-16(15)18-11-20(33-32-18)30-19-9-10-28-21(27-4)31-19/h9-11,14-17H,5-8,12-13H2,1-4H3,(H,29,34)(H3,27,28,30,31,32,33)/t14?,15?,16?,17-/m0/s1. The summed E-state index contributed by atoms with van der Waals surface area (Å²) in [5, 5.41) is 16.2. The molecule has 2 heterocycles. The molecule has 2 aromatic rings. The van der Waals surface area contributed by atoms with Crippen LogP contribution in [0.15, 0.2) is 18.3 Å². The molecule has 35 heavy (non-hydrogen) atoms. The van der Waals surface area contributed by atoms with E-state index in [2.05, 4.69) is 36.1 Å². The van der Waals surface area contributed by atoms with Crippen molar-refractivity contribution in [3.63, 3.8) is 0 Å². The first kappa shape index (κ1) is 25.1. The Hall–Kier alpha value is -2.98. The van der Waals surface area contributed by atoms with Crippen LogP contribution in [0.3, 0.4) is 0 Å². The van der Waals surface area contributed by atoms with Crippen LogP contribution in [0.25, 0.3) is 0 Å². The lowest BCUT2D eigenvalue weighted by molar-refractivity contribution is -0.000913. The van der Waals surface area contributed by atoms with Gasteiger partial charge in [-0.15, -0.1) is 0 Å². The van der Waals surface area contributed by atoms with E-state index in [-0.39, 0.29) is 30.7 Å². The van der Waals surface area contributed by atoms with Crippen molar-refractivity contribution in [2.24, 2.45) is 11.8 Å². The molecule has 1 amide bonds. The summed E-state index contributed by atoms with van der Waals surface area (Å²) in [6, 6.07) is 3.29. The molecule has 0 aromatic carbocycles. The van der Waals surface area contributed by atoms with Crippen LogP contribution in [0, 0.1) is 11.8 Å². The van der Waals surface area contributed by atoms with E-state index < -0.39 is 23.5 Å².